The lowest BCUT2D eigenvalue weighted by Crippen LogP contribution is -2.39. The van der Waals surface area contributed by atoms with Gasteiger partial charge in [-0.05, 0) is 215 Å². The average molecular weight is 1990 g/mol. The molecule has 22 rings (SSSR count). The van der Waals surface area contributed by atoms with Gasteiger partial charge in [0.05, 0.1) is 94.8 Å². The average Bonchev–Trinajstić information content (AvgIpc) is 1.68. The number of para-hydroxylation sites is 1. The molecule has 726 valence electrons. The maximum absolute atomic E-state index is 12.4. The Morgan fingerprint density at radius 2 is 0.730 bits per heavy atom. The number of aromatic nitrogens is 8. The number of rotatable bonds is 22. The molecular formula is C106H113N21O9S5. The second-order valence-electron chi connectivity index (χ2n) is 36.2. The molecule has 5 aliphatic heterocycles. The van der Waals surface area contributed by atoms with Crippen molar-refractivity contribution >= 4 is 195 Å². The van der Waals surface area contributed by atoms with E-state index in [1.165, 1.54) is 55.0 Å². The molecule has 16 aromatic rings. The van der Waals surface area contributed by atoms with Crippen LogP contribution in [-0.4, -0.2) is 172 Å². The number of carbonyl (C=O) groups excluding carboxylic acids is 5. The topological polar surface area (TPSA) is 338 Å². The molecule has 6 aliphatic rings. The van der Waals surface area contributed by atoms with Crippen molar-refractivity contribution < 1.29 is 42.9 Å². The third kappa shape index (κ3) is 25.5. The Morgan fingerprint density at radius 1 is 0.340 bits per heavy atom. The zero-order chi connectivity index (χ0) is 97.1. The van der Waals surface area contributed by atoms with Gasteiger partial charge in [0.2, 0.25) is 11.8 Å². The van der Waals surface area contributed by atoms with Gasteiger partial charge in [0.1, 0.15) is 41.0 Å². The van der Waals surface area contributed by atoms with E-state index in [-0.39, 0.29) is 48.4 Å². The summed E-state index contributed by atoms with van der Waals surface area (Å²) in [4.78, 5) is 109. The number of carbonyl (C=O) groups is 5. The van der Waals surface area contributed by atoms with E-state index in [1.54, 1.807) is 93.6 Å². The van der Waals surface area contributed by atoms with E-state index >= 15 is 0 Å². The molecule has 5 saturated heterocycles. The highest BCUT2D eigenvalue weighted by Crippen LogP contribution is 2.39. The van der Waals surface area contributed by atoms with Crippen molar-refractivity contribution in [3.63, 3.8) is 0 Å². The summed E-state index contributed by atoms with van der Waals surface area (Å²) < 4.78 is 27.3. The van der Waals surface area contributed by atoms with Crippen LogP contribution in [0.1, 0.15) is 127 Å². The van der Waals surface area contributed by atoms with Crippen LogP contribution in [0, 0.1) is 0 Å². The van der Waals surface area contributed by atoms with Crippen LogP contribution in [0.25, 0.3) is 51.1 Å². The molecule has 8 N–H and O–H groups in total. The number of hydrogen-bond acceptors (Lipinski definition) is 27. The molecule has 0 bridgehead atoms. The Bertz CT molecular complexity index is 6520. The lowest BCUT2D eigenvalue weighted by atomic mass is 9.96. The fourth-order valence-electron chi connectivity index (χ4n) is 17.6. The monoisotopic (exact) mass is 1980 g/mol. The first kappa shape index (κ1) is 96.9. The normalized spacial score (nSPS) is 17.1. The lowest BCUT2D eigenvalue weighted by Gasteiger charge is -2.25. The van der Waals surface area contributed by atoms with Gasteiger partial charge in [-0.3, -0.25) is 25.6 Å². The van der Waals surface area contributed by atoms with Crippen molar-refractivity contribution in [3.05, 3.63) is 269 Å². The van der Waals surface area contributed by atoms with E-state index in [2.05, 4.69) is 207 Å². The minimum absolute atomic E-state index is 0.0640. The number of anilines is 10. The number of fused-ring (bicyclic) bond motifs is 5. The van der Waals surface area contributed by atoms with Crippen LogP contribution in [0.5, 0.6) is 17.5 Å². The highest BCUT2D eigenvalue weighted by atomic mass is 32.1. The molecule has 8 amide bonds. The molecule has 1 aliphatic carbocycles. The van der Waals surface area contributed by atoms with Gasteiger partial charge in [0.15, 0.2) is 0 Å². The number of nitrogens with zero attached hydrogens (tertiary/aromatic N) is 13. The van der Waals surface area contributed by atoms with Gasteiger partial charge in [-0.2, -0.15) is 0 Å². The number of nitrogens with one attached hydrogen (secondary N) is 8. The molecule has 5 unspecified atom stereocenters. The van der Waals surface area contributed by atoms with Gasteiger partial charge < -0.3 is 75.3 Å². The SMILES string of the molecule is CC(C)c1ccc(NC(=O)NC2CCN(c3ccnc4ccsc34)C2)cc1.CC(C)c1ccc(NC(=O)NC2CCN(c3ccnc4sccc34)C2)cc1.CC(C)c1ccc(NC(=O)OC2CCN(c3ccnc4ccsc34)C2)cc1.O=C(Nc1ccc(OC2CCC2)nc1)NC1CCN(c2ncnc3ccsc23)C1.O=C(Nc1ccc(Oc2ccccc2)nc1)OC1CCN(c2ccnc3ccsc23)C1. The van der Waals surface area contributed by atoms with Gasteiger partial charge in [-0.1, -0.05) is 96.1 Å². The Kier molecular flexibility index (Phi) is 31.7. The van der Waals surface area contributed by atoms with Gasteiger partial charge in [-0.15, -0.1) is 56.7 Å². The van der Waals surface area contributed by atoms with Gasteiger partial charge >= 0.3 is 30.3 Å². The summed E-state index contributed by atoms with van der Waals surface area (Å²) in [5.41, 5.74) is 16.1. The van der Waals surface area contributed by atoms with E-state index in [0.29, 0.717) is 65.8 Å². The fourth-order valence-corrected chi connectivity index (χ4v) is 21.9. The smallest absolute Gasteiger partial charge is 0.412 e. The largest absolute Gasteiger partial charge is 0.474 e. The zero-order valence-corrected chi connectivity index (χ0v) is 83.3. The van der Waals surface area contributed by atoms with E-state index in [9.17, 15) is 24.0 Å². The summed E-state index contributed by atoms with van der Waals surface area (Å²) in [7, 11) is 0. The number of thiophene rings is 5. The lowest BCUT2D eigenvalue weighted by molar-refractivity contribution is 0.114. The van der Waals surface area contributed by atoms with Crippen LogP contribution in [0.3, 0.4) is 0 Å². The van der Waals surface area contributed by atoms with Crippen molar-refractivity contribution in [2.45, 2.75) is 147 Å². The summed E-state index contributed by atoms with van der Waals surface area (Å²) in [5, 5.41) is 35.0. The molecule has 0 spiro atoms. The Hall–Kier alpha value is -14.4. The van der Waals surface area contributed by atoms with Crippen molar-refractivity contribution in [2.24, 2.45) is 0 Å². The summed E-state index contributed by atoms with van der Waals surface area (Å²) in [6, 6.07) is 58.7. The third-order valence-electron chi connectivity index (χ3n) is 25.4. The first-order valence-electron chi connectivity index (χ1n) is 47.8. The van der Waals surface area contributed by atoms with Crippen molar-refractivity contribution in [1.82, 2.24) is 55.8 Å². The van der Waals surface area contributed by atoms with E-state index in [1.807, 2.05) is 157 Å². The summed E-state index contributed by atoms with van der Waals surface area (Å²) in [6.45, 7) is 21.1. The molecule has 30 nitrogen and oxygen atoms in total. The van der Waals surface area contributed by atoms with Crippen molar-refractivity contribution in [1.29, 1.82) is 0 Å². The molecule has 5 atom stereocenters. The second kappa shape index (κ2) is 46.1. The van der Waals surface area contributed by atoms with E-state index in [0.717, 1.165) is 162 Å². The van der Waals surface area contributed by atoms with Crippen LogP contribution in [-0.2, 0) is 9.47 Å². The number of pyridine rings is 6. The maximum Gasteiger partial charge on any atom is 0.412 e. The predicted octanol–water partition coefficient (Wildman–Crippen LogP) is 23.6. The Balaban J connectivity index is 0.000000117. The van der Waals surface area contributed by atoms with Gasteiger partial charge in [-0.25, -0.2) is 48.9 Å². The predicted molar refractivity (Wildman–Crippen MR) is 571 cm³/mol. The minimum atomic E-state index is -0.485. The molecule has 141 heavy (non-hydrogen) atoms. The van der Waals surface area contributed by atoms with Crippen LogP contribution in [0.2, 0.25) is 0 Å². The van der Waals surface area contributed by atoms with Gasteiger partial charge in [0.25, 0.3) is 0 Å². The first-order chi connectivity index (χ1) is 68.8. The number of hydrogen-bond donors (Lipinski definition) is 8. The van der Waals surface area contributed by atoms with Crippen LogP contribution in [0.15, 0.2) is 252 Å². The molecule has 4 aromatic carbocycles. The molecule has 17 heterocycles. The molecule has 12 aromatic heterocycles. The van der Waals surface area contributed by atoms with Crippen LogP contribution in [0.4, 0.5) is 81.0 Å². The third-order valence-corrected chi connectivity index (χ3v) is 29.9. The summed E-state index contributed by atoms with van der Waals surface area (Å²) in [5.74, 6) is 4.15. The van der Waals surface area contributed by atoms with Crippen molar-refractivity contribution in [3.8, 4) is 17.5 Å². The zero-order valence-electron chi connectivity index (χ0n) is 79.2. The fraction of sp³-hybridized carbons (Fsp3) is 0.311. The molecule has 6 fully saturated rings. The van der Waals surface area contributed by atoms with Gasteiger partial charge in [0, 0.05) is 148 Å². The summed E-state index contributed by atoms with van der Waals surface area (Å²) in [6.07, 6.45) is 19.1. The molecule has 35 heteroatoms. The number of benzene rings is 4. The maximum atomic E-state index is 12.4. The Labute approximate surface area is 838 Å². The number of amides is 8. The highest BCUT2D eigenvalue weighted by Gasteiger charge is 2.33. The highest BCUT2D eigenvalue weighted by molar-refractivity contribution is 7.19. The molecular weight excluding hydrogens is 1870 g/mol. The molecule has 0 radical (unpaired) electrons. The summed E-state index contributed by atoms with van der Waals surface area (Å²) >= 11 is 8.39. The van der Waals surface area contributed by atoms with Crippen LogP contribution < -0.4 is 76.5 Å². The minimum Gasteiger partial charge on any atom is -0.474 e. The van der Waals surface area contributed by atoms with E-state index in [4.69, 9.17) is 18.9 Å². The second-order valence-corrected chi connectivity index (χ2v) is 40.8. The Morgan fingerprint density at radius 3 is 1.20 bits per heavy atom. The number of urea groups is 3. The van der Waals surface area contributed by atoms with E-state index < -0.39 is 12.2 Å². The quantitative estimate of drug-likeness (QED) is 0.0312. The van der Waals surface area contributed by atoms with Crippen molar-refractivity contribution in [2.75, 3.05) is 117 Å². The molecule has 1 saturated carbocycles. The standard InChI is InChI=1S/C23H20N4O3S.2C21H24N4OS.C21H23N3O2S.C20H22N6O2S/c28-23(26-16-6-7-21(25-14-16)29-17-4-2-1-3-5-17)30-18-9-12-27(15-18)20-8-11-24-19-10-13-31-22(19)20;1-14(2)15-3-5-16(6-4-15)23-21(26)24-17-8-11-25(13-17)19-7-10-22-18-9-12-27-20(18)19;1-14(2)15-3-5-16(6-4-15)23-21(26)24-17-8-11-25(13-17)19-7-10-22-20-18(19)9-12-27-20;1-14(2)15-3-5-16(6-4-15)23-21(25)26-17-8-11-24(13-17)19-7-10-22-18-9-12-27-20(18)19;27-20(24-13-4-5-17(21-10-13)28-15-2-1-3-15)25-14-6-8-26(11-14)19-18-16(7-9-29-18)22-12-23-19/h1-8,10-11,13-14,18H,9,12,15H2,(H,26,28);2*3-7,9-10,12,14,17H,8,11,13H2,1-2H3,(H2,23,24,26);3-7,9-10,12,14,17H,8,11,13H2,1-2H3,(H,23,25);4-5,7,9-10,12,14-15H,1-3,6,8,11H2,(H2,24,25,27). The number of ether oxygens (including phenoxy) is 4. The first-order valence-corrected chi connectivity index (χ1v) is 52.2. The van der Waals surface area contributed by atoms with Crippen LogP contribution >= 0.6 is 56.7 Å².